The summed E-state index contributed by atoms with van der Waals surface area (Å²) in [5, 5.41) is 0. The first-order valence-electron chi connectivity index (χ1n) is 3.98. The third-order valence-corrected chi connectivity index (χ3v) is 0.945. The second-order valence-electron chi connectivity index (χ2n) is 3.45. The quantitative estimate of drug-likeness (QED) is 0.265. The molecule has 0 bridgehead atoms. The van der Waals surface area contributed by atoms with Crippen molar-refractivity contribution in [2.45, 2.75) is 39.2 Å². The third kappa shape index (κ3) is 9.66. The van der Waals surface area contributed by atoms with Gasteiger partial charge in [0, 0.05) is 0 Å². The summed E-state index contributed by atoms with van der Waals surface area (Å²) in [6.45, 7) is 10.1. The zero-order chi connectivity index (χ0) is 8.74. The summed E-state index contributed by atoms with van der Waals surface area (Å²) in [5.41, 5.74) is -0.200. The summed E-state index contributed by atoms with van der Waals surface area (Å²) < 4.78 is 0. The molecule has 0 rings (SSSR count). The highest BCUT2D eigenvalue weighted by atomic mass is 17.2. The van der Waals surface area contributed by atoms with Gasteiger partial charge in [-0.3, -0.25) is 0 Å². The molecule has 0 aromatic heterocycles. The fraction of sp³-hybridized carbons (Fsp3) is 0.778. The van der Waals surface area contributed by atoms with Crippen LogP contribution in [0.3, 0.4) is 0 Å². The zero-order valence-electron chi connectivity index (χ0n) is 7.72. The average molecular weight is 158 g/mol. The number of unbranched alkanes of at least 4 members (excludes halogenated alkanes) is 1. The minimum absolute atomic E-state index is 0.200. The maximum atomic E-state index is 5.04. The summed E-state index contributed by atoms with van der Waals surface area (Å²) in [4.78, 5) is 9.99. The van der Waals surface area contributed by atoms with Crippen LogP contribution < -0.4 is 0 Å². The molecule has 2 nitrogen and oxygen atoms in total. The van der Waals surface area contributed by atoms with E-state index in [9.17, 15) is 0 Å². The van der Waals surface area contributed by atoms with Gasteiger partial charge in [0.05, 0.1) is 12.2 Å². The second kappa shape index (κ2) is 5.33. The van der Waals surface area contributed by atoms with Gasteiger partial charge < -0.3 is 0 Å². The summed E-state index contributed by atoms with van der Waals surface area (Å²) >= 11 is 0. The molecule has 66 valence electrons. The Hall–Kier alpha value is -0.340. The van der Waals surface area contributed by atoms with Crippen molar-refractivity contribution in [3.63, 3.8) is 0 Å². The van der Waals surface area contributed by atoms with Crippen LogP contribution in [0.25, 0.3) is 0 Å². The van der Waals surface area contributed by atoms with Crippen molar-refractivity contribution in [3.05, 3.63) is 12.7 Å². The maximum absolute atomic E-state index is 5.04. The fourth-order valence-electron chi connectivity index (χ4n) is 0.505. The van der Waals surface area contributed by atoms with Gasteiger partial charge in [-0.15, -0.1) is 6.58 Å². The number of hydrogen-bond donors (Lipinski definition) is 0. The molecular weight excluding hydrogens is 140 g/mol. The molecule has 0 heterocycles. The van der Waals surface area contributed by atoms with E-state index in [1.54, 1.807) is 0 Å². The average Bonchev–Trinajstić information content (AvgIpc) is 1.85. The molecule has 0 aliphatic carbocycles. The molecule has 0 spiro atoms. The van der Waals surface area contributed by atoms with Gasteiger partial charge in [-0.2, -0.15) is 0 Å². The highest BCUT2D eigenvalue weighted by molar-refractivity contribution is 4.64. The molecule has 2 heteroatoms. The largest absolute Gasteiger partial charge is 0.236 e. The maximum Gasteiger partial charge on any atom is 0.0952 e. The van der Waals surface area contributed by atoms with Gasteiger partial charge in [0.1, 0.15) is 0 Å². The van der Waals surface area contributed by atoms with Crippen molar-refractivity contribution in [1.82, 2.24) is 0 Å². The Morgan fingerprint density at radius 1 is 1.36 bits per heavy atom. The Kier molecular flexibility index (Phi) is 5.16. The van der Waals surface area contributed by atoms with E-state index in [2.05, 4.69) is 6.58 Å². The first-order chi connectivity index (χ1) is 5.06. The van der Waals surface area contributed by atoms with Gasteiger partial charge in [0.15, 0.2) is 0 Å². The van der Waals surface area contributed by atoms with Gasteiger partial charge in [0.2, 0.25) is 0 Å². The van der Waals surface area contributed by atoms with Gasteiger partial charge >= 0.3 is 0 Å². The Labute approximate surface area is 69.1 Å². The van der Waals surface area contributed by atoms with Gasteiger partial charge in [-0.1, -0.05) is 6.08 Å². The van der Waals surface area contributed by atoms with E-state index in [-0.39, 0.29) is 5.60 Å². The minimum atomic E-state index is -0.200. The number of rotatable bonds is 5. The molecule has 0 aliphatic heterocycles. The first-order valence-corrected chi connectivity index (χ1v) is 3.98. The summed E-state index contributed by atoms with van der Waals surface area (Å²) in [5.74, 6) is 0. The predicted molar refractivity (Wildman–Crippen MR) is 46.2 cm³/mol. The Morgan fingerprint density at radius 2 is 2.00 bits per heavy atom. The van der Waals surface area contributed by atoms with E-state index in [1.165, 1.54) is 0 Å². The molecule has 0 aromatic rings. The molecule has 0 N–H and O–H groups in total. The summed E-state index contributed by atoms with van der Waals surface area (Å²) in [6, 6.07) is 0. The Morgan fingerprint density at radius 3 is 2.45 bits per heavy atom. The molecule has 0 saturated carbocycles. The SMILES string of the molecule is C=CCCCOOC(C)(C)C. The smallest absolute Gasteiger partial charge is 0.0952 e. The fourth-order valence-corrected chi connectivity index (χ4v) is 0.505. The highest BCUT2D eigenvalue weighted by Gasteiger charge is 2.10. The van der Waals surface area contributed by atoms with Crippen LogP contribution in [-0.2, 0) is 9.78 Å². The predicted octanol–water partition coefficient (Wildman–Crippen LogP) is 2.70. The van der Waals surface area contributed by atoms with Crippen LogP contribution in [0.15, 0.2) is 12.7 Å². The number of hydrogen-bond acceptors (Lipinski definition) is 2. The lowest BCUT2D eigenvalue weighted by Crippen LogP contribution is -2.19. The monoisotopic (exact) mass is 158 g/mol. The minimum Gasteiger partial charge on any atom is -0.236 e. The molecule has 0 fully saturated rings. The van der Waals surface area contributed by atoms with Gasteiger partial charge in [-0.05, 0) is 33.6 Å². The lowest BCUT2D eigenvalue weighted by Gasteiger charge is -2.17. The molecule has 0 amide bonds. The van der Waals surface area contributed by atoms with Crippen LogP contribution in [0, 0.1) is 0 Å². The van der Waals surface area contributed by atoms with E-state index in [1.807, 2.05) is 26.8 Å². The molecule has 0 atom stereocenters. The van der Waals surface area contributed by atoms with Crippen molar-refractivity contribution < 1.29 is 9.78 Å². The molecular formula is C9H18O2. The van der Waals surface area contributed by atoms with E-state index in [4.69, 9.17) is 9.78 Å². The van der Waals surface area contributed by atoms with Crippen molar-refractivity contribution in [1.29, 1.82) is 0 Å². The highest BCUT2D eigenvalue weighted by Crippen LogP contribution is 2.07. The molecule has 0 radical (unpaired) electrons. The van der Waals surface area contributed by atoms with Crippen molar-refractivity contribution >= 4 is 0 Å². The van der Waals surface area contributed by atoms with Crippen LogP contribution >= 0.6 is 0 Å². The Balaban J connectivity index is 3.08. The van der Waals surface area contributed by atoms with Gasteiger partial charge in [0.25, 0.3) is 0 Å². The van der Waals surface area contributed by atoms with Crippen LogP contribution in [0.4, 0.5) is 0 Å². The first kappa shape index (κ1) is 10.7. The summed E-state index contributed by atoms with van der Waals surface area (Å²) in [6.07, 6.45) is 3.83. The van der Waals surface area contributed by atoms with E-state index in [0.29, 0.717) is 6.61 Å². The lowest BCUT2D eigenvalue weighted by atomic mass is 10.2. The van der Waals surface area contributed by atoms with Crippen LogP contribution in [0.5, 0.6) is 0 Å². The summed E-state index contributed by atoms with van der Waals surface area (Å²) in [7, 11) is 0. The van der Waals surface area contributed by atoms with E-state index >= 15 is 0 Å². The lowest BCUT2D eigenvalue weighted by molar-refractivity contribution is -0.348. The second-order valence-corrected chi connectivity index (χ2v) is 3.45. The topological polar surface area (TPSA) is 18.5 Å². The van der Waals surface area contributed by atoms with Crippen LogP contribution in [0.1, 0.15) is 33.6 Å². The molecule has 0 saturated heterocycles. The molecule has 11 heavy (non-hydrogen) atoms. The zero-order valence-corrected chi connectivity index (χ0v) is 7.72. The van der Waals surface area contributed by atoms with Crippen molar-refractivity contribution in [2.24, 2.45) is 0 Å². The molecule has 0 aliphatic rings. The molecule has 0 unspecified atom stereocenters. The Bertz CT molecular complexity index is 103. The van der Waals surface area contributed by atoms with E-state index in [0.717, 1.165) is 12.8 Å². The van der Waals surface area contributed by atoms with Crippen molar-refractivity contribution in [3.8, 4) is 0 Å². The van der Waals surface area contributed by atoms with Crippen LogP contribution in [0.2, 0.25) is 0 Å². The normalized spacial score (nSPS) is 11.5. The third-order valence-electron chi connectivity index (χ3n) is 0.945. The van der Waals surface area contributed by atoms with E-state index < -0.39 is 0 Å². The van der Waals surface area contributed by atoms with Crippen LogP contribution in [-0.4, -0.2) is 12.2 Å². The standard InChI is InChI=1S/C9H18O2/c1-5-6-7-8-10-11-9(2,3)4/h5H,1,6-8H2,2-4H3. The molecule has 0 aromatic carbocycles. The van der Waals surface area contributed by atoms with Gasteiger partial charge in [-0.25, -0.2) is 9.78 Å². The van der Waals surface area contributed by atoms with Crippen molar-refractivity contribution in [2.75, 3.05) is 6.61 Å². The number of allylic oxidation sites excluding steroid dienone is 1.